The minimum absolute atomic E-state index is 0.196. The van der Waals surface area contributed by atoms with Crippen LogP contribution in [0.3, 0.4) is 0 Å². The zero-order chi connectivity index (χ0) is 25.1. The van der Waals surface area contributed by atoms with Gasteiger partial charge in [-0.15, -0.1) is 0 Å². The molecule has 3 aliphatic carbocycles. The highest BCUT2D eigenvalue weighted by Gasteiger charge is 2.93. The van der Waals surface area contributed by atoms with Gasteiger partial charge in [0, 0.05) is 29.1 Å². The van der Waals surface area contributed by atoms with Crippen LogP contribution in [0.25, 0.3) is 0 Å². The molecule has 35 heavy (non-hydrogen) atoms. The third-order valence-corrected chi connectivity index (χ3v) is 11.3. The van der Waals surface area contributed by atoms with Crippen LogP contribution in [0.4, 0.5) is 0 Å². The topological polar surface area (TPSA) is 159 Å². The van der Waals surface area contributed by atoms with Gasteiger partial charge in [0.15, 0.2) is 23.1 Å². The van der Waals surface area contributed by atoms with E-state index in [1.807, 2.05) is 13.0 Å². The van der Waals surface area contributed by atoms with Gasteiger partial charge in [0.2, 0.25) is 0 Å². The maximum absolute atomic E-state index is 13.2. The summed E-state index contributed by atoms with van der Waals surface area (Å²) in [6.45, 7) is 6.40. The van der Waals surface area contributed by atoms with Crippen molar-refractivity contribution in [2.75, 3.05) is 0 Å². The number of Topliss-reactive ketones (excluding diaryl/α,β-unsaturated/α-hetero) is 1. The van der Waals surface area contributed by atoms with Crippen LogP contribution in [-0.4, -0.2) is 85.1 Å². The molecule has 0 unspecified atom stereocenters. The lowest BCUT2D eigenvalue weighted by molar-refractivity contribution is -0.272. The quantitative estimate of drug-likeness (QED) is 0.307. The Morgan fingerprint density at radius 2 is 1.74 bits per heavy atom. The highest BCUT2D eigenvalue weighted by molar-refractivity contribution is 5.98. The predicted octanol–water partition coefficient (Wildman–Crippen LogP) is -0.194. The molecule has 0 aromatic carbocycles. The van der Waals surface area contributed by atoms with E-state index in [1.165, 1.54) is 6.92 Å². The second-order valence-electron chi connectivity index (χ2n) is 12.2. The largest absolute Gasteiger partial charge is 0.472 e. The van der Waals surface area contributed by atoms with E-state index >= 15 is 0 Å². The minimum Gasteiger partial charge on any atom is -0.472 e. The lowest BCUT2D eigenvalue weighted by Crippen LogP contribution is -2.79. The molecule has 1 spiro atoms. The Bertz CT molecular complexity index is 1160. The van der Waals surface area contributed by atoms with Gasteiger partial charge >= 0.3 is 5.97 Å². The van der Waals surface area contributed by atoms with Gasteiger partial charge in [-0.05, 0) is 31.9 Å². The summed E-state index contributed by atoms with van der Waals surface area (Å²) in [6.07, 6.45) is -1.98. The first-order chi connectivity index (χ1) is 16.2. The van der Waals surface area contributed by atoms with Crippen LogP contribution >= 0.6 is 0 Å². The van der Waals surface area contributed by atoms with Crippen LogP contribution in [0.2, 0.25) is 0 Å². The Balaban J connectivity index is 1.43. The maximum Gasteiger partial charge on any atom is 0.339 e. The number of furan rings is 1. The van der Waals surface area contributed by atoms with Gasteiger partial charge in [0.25, 0.3) is 0 Å². The first-order valence-electron chi connectivity index (χ1n) is 12.2. The molecule has 1 aromatic rings. The van der Waals surface area contributed by atoms with Crippen molar-refractivity contribution in [3.8, 4) is 0 Å². The van der Waals surface area contributed by atoms with Crippen LogP contribution in [-0.2, 0) is 23.8 Å². The zero-order valence-electron chi connectivity index (χ0n) is 19.9. The van der Waals surface area contributed by atoms with E-state index in [0.29, 0.717) is 6.42 Å². The molecule has 3 aliphatic heterocycles. The Kier molecular flexibility index (Phi) is 3.74. The lowest BCUT2D eigenvalue weighted by Gasteiger charge is -2.62. The normalized spacial score (nSPS) is 62.0. The Hall–Kier alpha value is -1.82. The van der Waals surface area contributed by atoms with Crippen LogP contribution in [0, 0.1) is 16.7 Å². The fourth-order valence-electron chi connectivity index (χ4n) is 9.60. The standard InChI is InChI=1S/C25H30O10/c1-20-11(10-5-6-32-9-10)7-14-25(20,34-14)22(3,30)16-15(17(20)27)33-13-8-12(26)23(4)24(31,21(13,16)2)18(28)19(29)35-23/h5-6,9,11,13-18,27-28,30-31H,7-8H2,1-4H3/t11-,13+,14-,15+,16+,17-,18+,20+,21+,22+,23+,24+,25-/m0/s1. The molecule has 6 aliphatic rings. The Labute approximate surface area is 201 Å². The summed E-state index contributed by atoms with van der Waals surface area (Å²) in [6, 6.07) is 1.84. The van der Waals surface area contributed by atoms with Crippen molar-refractivity contribution < 1.29 is 48.6 Å². The highest BCUT2D eigenvalue weighted by Crippen LogP contribution is 2.79. The number of ketones is 1. The number of fused-ring (bicyclic) bond motifs is 5. The SMILES string of the molecule is C[C@]12[C@H]3[C@@H](O[C@@H]1CC(=O)[C@@]1(C)OC(=O)[C@@H](O)[C@@]21O)[C@H](O)[C@@]1(C)[C@H](c2ccoc2)C[C@@H]2O[C@@]21[C@]3(C)O. The Morgan fingerprint density at radius 3 is 2.40 bits per heavy atom. The van der Waals surface area contributed by atoms with Gasteiger partial charge in [-0.1, -0.05) is 13.8 Å². The van der Waals surface area contributed by atoms with Crippen molar-refractivity contribution in [1.29, 1.82) is 0 Å². The van der Waals surface area contributed by atoms with Crippen molar-refractivity contribution in [3.63, 3.8) is 0 Å². The molecule has 7 rings (SSSR count). The average Bonchev–Trinajstić information content (AvgIpc) is 3.06. The summed E-state index contributed by atoms with van der Waals surface area (Å²) in [7, 11) is 0. The van der Waals surface area contributed by atoms with Crippen molar-refractivity contribution in [2.45, 2.75) is 99.4 Å². The van der Waals surface area contributed by atoms with E-state index in [9.17, 15) is 30.0 Å². The van der Waals surface area contributed by atoms with Gasteiger partial charge in [-0.3, -0.25) is 4.79 Å². The number of aliphatic hydroxyl groups excluding tert-OH is 2. The average molecular weight is 491 g/mol. The van der Waals surface area contributed by atoms with Crippen LogP contribution in [0.5, 0.6) is 0 Å². The predicted molar refractivity (Wildman–Crippen MR) is 114 cm³/mol. The monoisotopic (exact) mass is 490 g/mol. The second kappa shape index (κ2) is 5.84. The molecule has 190 valence electrons. The molecule has 4 heterocycles. The zero-order valence-corrected chi connectivity index (χ0v) is 19.9. The van der Waals surface area contributed by atoms with E-state index in [0.717, 1.165) is 5.56 Å². The van der Waals surface area contributed by atoms with E-state index in [4.69, 9.17) is 18.6 Å². The lowest BCUT2D eigenvalue weighted by atomic mass is 9.43. The number of aliphatic hydroxyl groups is 4. The third kappa shape index (κ3) is 1.87. The number of esters is 1. The van der Waals surface area contributed by atoms with Gasteiger partial charge in [-0.25, -0.2) is 4.79 Å². The second-order valence-corrected chi connectivity index (χ2v) is 12.2. The molecule has 3 saturated heterocycles. The molecule has 0 bridgehead atoms. The van der Waals surface area contributed by atoms with Crippen molar-refractivity contribution >= 4 is 11.8 Å². The molecule has 0 radical (unpaired) electrons. The molecule has 6 fully saturated rings. The van der Waals surface area contributed by atoms with E-state index in [1.54, 1.807) is 26.4 Å². The highest BCUT2D eigenvalue weighted by atomic mass is 16.6. The summed E-state index contributed by atoms with van der Waals surface area (Å²) < 4.78 is 23.2. The molecule has 10 heteroatoms. The fraction of sp³-hybridized carbons (Fsp3) is 0.760. The fourth-order valence-corrected chi connectivity index (χ4v) is 9.60. The summed E-state index contributed by atoms with van der Waals surface area (Å²) in [4.78, 5) is 25.7. The number of epoxide rings is 1. The molecule has 10 nitrogen and oxygen atoms in total. The maximum atomic E-state index is 13.2. The molecule has 0 amide bonds. The first kappa shape index (κ1) is 22.4. The number of ether oxygens (including phenoxy) is 3. The number of carbonyl (C=O) groups excluding carboxylic acids is 2. The van der Waals surface area contributed by atoms with E-state index in [2.05, 4.69) is 0 Å². The summed E-state index contributed by atoms with van der Waals surface area (Å²) in [5, 5.41) is 47.4. The first-order valence-corrected chi connectivity index (χ1v) is 12.2. The van der Waals surface area contributed by atoms with Crippen LogP contribution in [0.15, 0.2) is 23.0 Å². The van der Waals surface area contributed by atoms with Gasteiger partial charge in [-0.2, -0.15) is 0 Å². The van der Waals surface area contributed by atoms with Gasteiger partial charge in [0.1, 0.15) is 11.2 Å². The summed E-state index contributed by atoms with van der Waals surface area (Å²) in [5.74, 6) is -2.87. The molecular formula is C25H30O10. The number of hydrogen-bond acceptors (Lipinski definition) is 10. The smallest absolute Gasteiger partial charge is 0.339 e. The van der Waals surface area contributed by atoms with Crippen LogP contribution in [0.1, 0.15) is 52.0 Å². The molecule has 1 aromatic heterocycles. The molecular weight excluding hydrogens is 460 g/mol. The van der Waals surface area contributed by atoms with Gasteiger partial charge < -0.3 is 39.1 Å². The summed E-state index contributed by atoms with van der Waals surface area (Å²) in [5.41, 5.74) is -8.89. The van der Waals surface area contributed by atoms with Crippen LogP contribution < -0.4 is 0 Å². The number of rotatable bonds is 1. The third-order valence-electron chi connectivity index (χ3n) is 11.3. The van der Waals surface area contributed by atoms with Crippen molar-refractivity contribution in [2.24, 2.45) is 16.7 Å². The van der Waals surface area contributed by atoms with E-state index in [-0.39, 0.29) is 18.4 Å². The van der Waals surface area contributed by atoms with E-state index < -0.39 is 75.3 Å². The molecule has 3 saturated carbocycles. The molecule has 13 atom stereocenters. The minimum atomic E-state index is -2.39. The van der Waals surface area contributed by atoms with Crippen molar-refractivity contribution in [3.05, 3.63) is 24.2 Å². The molecule has 4 N–H and O–H groups in total. The summed E-state index contributed by atoms with van der Waals surface area (Å²) >= 11 is 0. The Morgan fingerprint density at radius 1 is 1.03 bits per heavy atom. The number of hydrogen-bond donors (Lipinski definition) is 4. The number of carbonyl (C=O) groups is 2. The van der Waals surface area contributed by atoms with Crippen molar-refractivity contribution in [1.82, 2.24) is 0 Å². The van der Waals surface area contributed by atoms with Gasteiger partial charge in [0.05, 0.1) is 36.9 Å².